The van der Waals surface area contributed by atoms with Crippen LogP contribution in [0.25, 0.3) is 11.2 Å². The maximum Gasteiger partial charge on any atom is 0.227 e. The van der Waals surface area contributed by atoms with Gasteiger partial charge in [-0.2, -0.15) is 14.3 Å². The third kappa shape index (κ3) is 4.68. The van der Waals surface area contributed by atoms with Crippen molar-refractivity contribution in [3.8, 4) is 0 Å². The van der Waals surface area contributed by atoms with Crippen LogP contribution in [0.3, 0.4) is 0 Å². The molecule has 2 aromatic rings. The van der Waals surface area contributed by atoms with Crippen molar-refractivity contribution in [1.82, 2.24) is 23.8 Å². The first-order valence-electron chi connectivity index (χ1n) is 10.4. The zero-order valence-electron chi connectivity index (χ0n) is 18.5. The van der Waals surface area contributed by atoms with Gasteiger partial charge in [-0.1, -0.05) is 6.92 Å². The minimum Gasteiger partial charge on any atom is -0.391 e. The second-order valence-corrected chi connectivity index (χ2v) is 10.4. The van der Waals surface area contributed by atoms with E-state index in [1.165, 1.54) is 10.6 Å². The molecule has 0 spiro atoms. The summed E-state index contributed by atoms with van der Waals surface area (Å²) >= 11 is 0. The highest BCUT2D eigenvalue weighted by Gasteiger charge is 2.35. The summed E-state index contributed by atoms with van der Waals surface area (Å²) in [5, 5.41) is 16.6. The van der Waals surface area contributed by atoms with E-state index in [1.807, 2.05) is 18.4 Å². The summed E-state index contributed by atoms with van der Waals surface area (Å²) in [6.45, 7) is 10.1. The molecule has 11 heteroatoms. The largest absolute Gasteiger partial charge is 0.391 e. The van der Waals surface area contributed by atoms with Crippen LogP contribution in [0.1, 0.15) is 53.5 Å². The first-order valence-corrected chi connectivity index (χ1v) is 12.3. The smallest absolute Gasteiger partial charge is 0.227 e. The standard InChI is InChI=1S/C19H33N7O3S/c1-7-15(13(5)27)22-19-23-17(16-18(24-19)25(10-20-16)11(2)3)21-14-8-12(4)26(9-14)30(6,28)29/h10-15,27H,7-9H2,1-6H3,(H2,21,22,23,24)/t12-,13-,14+,15+/m1/s1. The molecular formula is C19H33N7O3S. The third-order valence-corrected chi connectivity index (χ3v) is 6.96. The maximum atomic E-state index is 12.0. The van der Waals surface area contributed by atoms with Crippen LogP contribution in [0.4, 0.5) is 11.8 Å². The van der Waals surface area contributed by atoms with E-state index >= 15 is 0 Å². The van der Waals surface area contributed by atoms with Crippen molar-refractivity contribution in [2.45, 2.75) is 77.7 Å². The average Bonchev–Trinajstić information content (AvgIpc) is 3.22. The van der Waals surface area contributed by atoms with Crippen molar-refractivity contribution >= 4 is 33.0 Å². The molecule has 0 bridgehead atoms. The number of sulfonamides is 1. The Labute approximate surface area is 178 Å². The van der Waals surface area contributed by atoms with E-state index in [0.29, 0.717) is 42.3 Å². The zero-order valence-corrected chi connectivity index (χ0v) is 19.3. The second kappa shape index (κ2) is 8.64. The lowest BCUT2D eigenvalue weighted by Crippen LogP contribution is -2.34. The Kier molecular flexibility index (Phi) is 6.54. The van der Waals surface area contributed by atoms with E-state index in [0.717, 1.165) is 0 Å². The van der Waals surface area contributed by atoms with Crippen molar-refractivity contribution in [3.05, 3.63) is 6.33 Å². The Balaban J connectivity index is 1.96. The Morgan fingerprint density at radius 3 is 2.53 bits per heavy atom. The summed E-state index contributed by atoms with van der Waals surface area (Å²) < 4.78 is 27.5. The molecule has 0 saturated carbocycles. The van der Waals surface area contributed by atoms with E-state index in [4.69, 9.17) is 0 Å². The number of rotatable bonds is 8. The molecule has 1 aliphatic rings. The van der Waals surface area contributed by atoms with Crippen molar-refractivity contribution < 1.29 is 13.5 Å². The fraction of sp³-hybridized carbons (Fsp3) is 0.737. The highest BCUT2D eigenvalue weighted by Crippen LogP contribution is 2.28. The first kappa shape index (κ1) is 22.7. The summed E-state index contributed by atoms with van der Waals surface area (Å²) in [7, 11) is -3.26. The molecule has 4 atom stereocenters. The quantitative estimate of drug-likeness (QED) is 0.569. The first-order chi connectivity index (χ1) is 14.0. The van der Waals surface area contributed by atoms with Gasteiger partial charge in [-0.25, -0.2) is 13.4 Å². The van der Waals surface area contributed by atoms with Gasteiger partial charge in [0.05, 0.1) is 24.7 Å². The minimum absolute atomic E-state index is 0.0800. The predicted octanol–water partition coefficient (Wildman–Crippen LogP) is 1.81. The highest BCUT2D eigenvalue weighted by molar-refractivity contribution is 7.88. The van der Waals surface area contributed by atoms with Crippen LogP contribution in [0.2, 0.25) is 0 Å². The van der Waals surface area contributed by atoms with Crippen molar-refractivity contribution in [3.63, 3.8) is 0 Å². The van der Waals surface area contributed by atoms with Crippen LogP contribution in [0, 0.1) is 0 Å². The number of nitrogens with zero attached hydrogens (tertiary/aromatic N) is 5. The molecule has 0 aliphatic carbocycles. The molecule has 3 rings (SSSR count). The Morgan fingerprint density at radius 2 is 2.00 bits per heavy atom. The van der Waals surface area contributed by atoms with Gasteiger partial charge < -0.3 is 20.3 Å². The van der Waals surface area contributed by atoms with Gasteiger partial charge in [-0.15, -0.1) is 0 Å². The zero-order chi connectivity index (χ0) is 22.2. The fourth-order valence-electron chi connectivity index (χ4n) is 3.95. The van der Waals surface area contributed by atoms with Gasteiger partial charge in [0, 0.05) is 24.7 Å². The van der Waals surface area contributed by atoms with Crippen molar-refractivity contribution in [2.75, 3.05) is 23.4 Å². The van der Waals surface area contributed by atoms with Gasteiger partial charge in [0.1, 0.15) is 0 Å². The summed E-state index contributed by atoms with van der Waals surface area (Å²) in [6, 6.07) is -0.182. The normalized spacial score (nSPS) is 22.5. The number of nitrogens with one attached hydrogen (secondary N) is 2. The van der Waals surface area contributed by atoms with Gasteiger partial charge >= 0.3 is 0 Å². The van der Waals surface area contributed by atoms with E-state index in [9.17, 15) is 13.5 Å². The second-order valence-electron chi connectivity index (χ2n) is 8.47. The summed E-state index contributed by atoms with van der Waals surface area (Å²) in [5.41, 5.74) is 1.33. The van der Waals surface area contributed by atoms with Gasteiger partial charge in [0.15, 0.2) is 17.0 Å². The number of aromatic nitrogens is 4. The topological polar surface area (TPSA) is 125 Å². The molecule has 10 nitrogen and oxygen atoms in total. The van der Waals surface area contributed by atoms with Crippen LogP contribution in [0.5, 0.6) is 0 Å². The highest BCUT2D eigenvalue weighted by atomic mass is 32.2. The number of hydrogen-bond acceptors (Lipinski definition) is 8. The summed E-state index contributed by atoms with van der Waals surface area (Å²) in [4.78, 5) is 13.8. The van der Waals surface area contributed by atoms with E-state index < -0.39 is 16.1 Å². The predicted molar refractivity (Wildman–Crippen MR) is 118 cm³/mol. The van der Waals surface area contributed by atoms with Crippen molar-refractivity contribution in [1.29, 1.82) is 0 Å². The van der Waals surface area contributed by atoms with Crippen LogP contribution >= 0.6 is 0 Å². The SMILES string of the molecule is CC[C@H](Nc1nc(N[C@H]2C[C@@H](C)N(S(C)(=O)=O)C2)c2ncn(C(C)C)c2n1)[C@@H](C)O. The lowest BCUT2D eigenvalue weighted by Gasteiger charge is -2.21. The lowest BCUT2D eigenvalue weighted by atomic mass is 10.1. The number of imidazole rings is 1. The van der Waals surface area contributed by atoms with Crippen LogP contribution in [-0.4, -0.2) is 74.4 Å². The number of fused-ring (bicyclic) bond motifs is 1. The number of hydrogen-bond donors (Lipinski definition) is 3. The molecule has 2 aromatic heterocycles. The molecule has 1 saturated heterocycles. The molecule has 0 unspecified atom stereocenters. The molecule has 1 fully saturated rings. The van der Waals surface area contributed by atoms with Crippen LogP contribution in [0.15, 0.2) is 6.33 Å². The molecule has 3 heterocycles. The number of aliphatic hydroxyl groups is 1. The Morgan fingerprint density at radius 1 is 1.30 bits per heavy atom. The number of anilines is 2. The van der Waals surface area contributed by atoms with Gasteiger partial charge in [-0.3, -0.25) is 0 Å². The van der Waals surface area contributed by atoms with Crippen molar-refractivity contribution in [2.24, 2.45) is 0 Å². The summed E-state index contributed by atoms with van der Waals surface area (Å²) in [5.74, 6) is 0.973. The molecule has 168 valence electrons. The maximum absolute atomic E-state index is 12.0. The Hall–Kier alpha value is -1.98. The van der Waals surface area contributed by atoms with E-state index in [-0.39, 0.29) is 24.2 Å². The van der Waals surface area contributed by atoms with E-state index in [2.05, 4.69) is 39.4 Å². The Bertz CT molecular complexity index is 989. The molecule has 0 amide bonds. The van der Waals surface area contributed by atoms with Gasteiger partial charge in [0.2, 0.25) is 16.0 Å². The molecular weight excluding hydrogens is 406 g/mol. The average molecular weight is 440 g/mol. The molecule has 1 aliphatic heterocycles. The van der Waals surface area contributed by atoms with Crippen LogP contribution in [-0.2, 0) is 10.0 Å². The van der Waals surface area contributed by atoms with Gasteiger partial charge in [-0.05, 0) is 40.5 Å². The number of aliphatic hydroxyl groups excluding tert-OH is 1. The molecule has 3 N–H and O–H groups in total. The molecule has 0 aromatic carbocycles. The third-order valence-electron chi connectivity index (χ3n) is 5.60. The van der Waals surface area contributed by atoms with Gasteiger partial charge in [0.25, 0.3) is 0 Å². The van der Waals surface area contributed by atoms with E-state index in [1.54, 1.807) is 13.3 Å². The molecule has 30 heavy (non-hydrogen) atoms. The lowest BCUT2D eigenvalue weighted by molar-refractivity contribution is 0.169. The molecule has 0 radical (unpaired) electrons. The monoisotopic (exact) mass is 439 g/mol. The fourth-order valence-corrected chi connectivity index (χ4v) is 5.14. The summed E-state index contributed by atoms with van der Waals surface area (Å²) in [6.07, 6.45) is 3.82. The van der Waals surface area contributed by atoms with Crippen LogP contribution < -0.4 is 10.6 Å². The minimum atomic E-state index is -3.26.